The molecule has 1 N–H and O–H groups in total. The molecule has 122 valence electrons. The fourth-order valence-electron chi connectivity index (χ4n) is 1.82. The van der Waals surface area contributed by atoms with Gasteiger partial charge in [0.25, 0.3) is 15.9 Å². The number of hydrogen-bond acceptors (Lipinski definition) is 3. The van der Waals surface area contributed by atoms with E-state index in [0.29, 0.717) is 5.56 Å². The molecule has 8 heteroatoms. The Hall–Kier alpha value is -1.76. The van der Waals surface area contributed by atoms with Crippen LogP contribution in [0.2, 0.25) is 10.0 Å². The van der Waals surface area contributed by atoms with Crippen molar-refractivity contribution in [3.63, 3.8) is 0 Å². The van der Waals surface area contributed by atoms with Gasteiger partial charge in [0.15, 0.2) is 0 Å². The summed E-state index contributed by atoms with van der Waals surface area (Å²) in [6.07, 6.45) is 0. The van der Waals surface area contributed by atoms with Gasteiger partial charge in [-0.15, -0.1) is 0 Å². The third kappa shape index (κ3) is 3.96. The zero-order valence-corrected chi connectivity index (χ0v) is 14.7. The molecule has 0 saturated heterocycles. The zero-order valence-electron chi connectivity index (χ0n) is 12.4. The van der Waals surface area contributed by atoms with Gasteiger partial charge in [0.05, 0.1) is 20.6 Å². The number of sulfonamides is 1. The summed E-state index contributed by atoms with van der Waals surface area (Å²) >= 11 is 11.9. The van der Waals surface area contributed by atoms with E-state index in [0.717, 1.165) is 0 Å². The molecule has 0 heterocycles. The first kappa shape index (κ1) is 17.6. The smallest absolute Gasteiger partial charge is 0.261 e. The van der Waals surface area contributed by atoms with Crippen LogP contribution in [0.4, 0.5) is 5.69 Å². The molecular formula is C15H14Cl2N2O3S. The third-order valence-corrected chi connectivity index (χ3v) is 5.01. The fraction of sp³-hybridized carbons (Fsp3) is 0.133. The van der Waals surface area contributed by atoms with Gasteiger partial charge in [-0.05, 0) is 36.4 Å². The van der Waals surface area contributed by atoms with Gasteiger partial charge in [0.1, 0.15) is 0 Å². The minimum Gasteiger partial charge on any atom is -0.345 e. The SMILES string of the molecule is CN(C)C(=O)c1ccc(S(=O)(=O)Nc2c(Cl)cccc2Cl)cc1. The molecule has 23 heavy (non-hydrogen) atoms. The first-order valence-corrected chi connectivity index (χ1v) is 8.75. The number of amides is 1. The Balaban J connectivity index is 2.32. The lowest BCUT2D eigenvalue weighted by Crippen LogP contribution is -2.21. The predicted molar refractivity (Wildman–Crippen MR) is 91.7 cm³/mol. The van der Waals surface area contributed by atoms with Crippen molar-refractivity contribution in [3.05, 3.63) is 58.1 Å². The van der Waals surface area contributed by atoms with E-state index in [4.69, 9.17) is 23.2 Å². The summed E-state index contributed by atoms with van der Waals surface area (Å²) in [4.78, 5) is 13.2. The van der Waals surface area contributed by atoms with Crippen molar-refractivity contribution >= 4 is 44.8 Å². The van der Waals surface area contributed by atoms with E-state index in [1.807, 2.05) is 0 Å². The van der Waals surface area contributed by atoms with Crippen LogP contribution in [0, 0.1) is 0 Å². The van der Waals surface area contributed by atoms with Crippen molar-refractivity contribution < 1.29 is 13.2 Å². The molecule has 0 fully saturated rings. The number of rotatable bonds is 4. The van der Waals surface area contributed by atoms with Crippen molar-refractivity contribution in [3.8, 4) is 0 Å². The summed E-state index contributed by atoms with van der Waals surface area (Å²) in [5.41, 5.74) is 0.508. The number of nitrogens with zero attached hydrogens (tertiary/aromatic N) is 1. The van der Waals surface area contributed by atoms with Gasteiger partial charge in [-0.25, -0.2) is 8.42 Å². The summed E-state index contributed by atoms with van der Waals surface area (Å²) < 4.78 is 27.2. The molecule has 0 aromatic heterocycles. The Bertz CT molecular complexity index is 814. The molecule has 0 unspecified atom stereocenters. The van der Waals surface area contributed by atoms with Crippen LogP contribution in [0.25, 0.3) is 0 Å². The summed E-state index contributed by atoms with van der Waals surface area (Å²) in [6.45, 7) is 0. The number of halogens is 2. The van der Waals surface area contributed by atoms with Crippen LogP contribution in [0.5, 0.6) is 0 Å². The number of para-hydroxylation sites is 1. The van der Waals surface area contributed by atoms with E-state index in [9.17, 15) is 13.2 Å². The van der Waals surface area contributed by atoms with Crippen LogP contribution < -0.4 is 4.72 Å². The minimum atomic E-state index is -3.86. The Morgan fingerprint density at radius 2 is 1.52 bits per heavy atom. The van der Waals surface area contributed by atoms with Crippen LogP contribution in [0.1, 0.15) is 10.4 Å². The number of anilines is 1. The minimum absolute atomic E-state index is 0.00351. The van der Waals surface area contributed by atoms with E-state index in [1.54, 1.807) is 20.2 Å². The number of hydrogen-bond donors (Lipinski definition) is 1. The Morgan fingerprint density at radius 3 is 2.00 bits per heavy atom. The normalized spacial score (nSPS) is 11.1. The maximum absolute atomic E-state index is 12.4. The second-order valence-corrected chi connectivity index (χ2v) is 7.42. The second-order valence-electron chi connectivity index (χ2n) is 4.93. The zero-order chi connectivity index (χ0) is 17.2. The average molecular weight is 373 g/mol. The number of benzene rings is 2. The van der Waals surface area contributed by atoms with Crippen molar-refractivity contribution in [2.45, 2.75) is 4.90 Å². The lowest BCUT2D eigenvalue weighted by atomic mass is 10.2. The Morgan fingerprint density at radius 1 is 1.00 bits per heavy atom. The molecule has 0 atom stereocenters. The monoisotopic (exact) mass is 372 g/mol. The summed E-state index contributed by atoms with van der Waals surface area (Å²) in [6, 6.07) is 10.3. The van der Waals surface area contributed by atoms with Crippen LogP contribution in [-0.4, -0.2) is 33.3 Å². The van der Waals surface area contributed by atoms with E-state index in [2.05, 4.69) is 4.72 Å². The van der Waals surface area contributed by atoms with E-state index in [-0.39, 0.29) is 26.5 Å². The topological polar surface area (TPSA) is 66.5 Å². The van der Waals surface area contributed by atoms with Crippen molar-refractivity contribution in [2.24, 2.45) is 0 Å². The van der Waals surface area contributed by atoms with Crippen LogP contribution in [0.15, 0.2) is 47.4 Å². The van der Waals surface area contributed by atoms with Crippen LogP contribution in [0.3, 0.4) is 0 Å². The molecule has 0 saturated carbocycles. The molecule has 0 aliphatic rings. The second kappa shape index (κ2) is 6.78. The van der Waals surface area contributed by atoms with Gasteiger partial charge >= 0.3 is 0 Å². The van der Waals surface area contributed by atoms with Gasteiger partial charge in [-0.1, -0.05) is 29.3 Å². The standard InChI is InChI=1S/C15H14Cl2N2O3S/c1-19(2)15(20)10-6-8-11(9-7-10)23(21,22)18-14-12(16)4-3-5-13(14)17/h3-9,18H,1-2H3. The summed E-state index contributed by atoms with van der Waals surface area (Å²) in [5.74, 6) is -0.212. The highest BCUT2D eigenvalue weighted by Gasteiger charge is 2.18. The van der Waals surface area contributed by atoms with Crippen LogP contribution >= 0.6 is 23.2 Å². The highest BCUT2D eigenvalue weighted by Crippen LogP contribution is 2.31. The third-order valence-electron chi connectivity index (χ3n) is 3.02. The van der Waals surface area contributed by atoms with Gasteiger partial charge < -0.3 is 4.90 Å². The van der Waals surface area contributed by atoms with Gasteiger partial charge in [-0.2, -0.15) is 0 Å². The molecule has 0 radical (unpaired) electrons. The largest absolute Gasteiger partial charge is 0.345 e. The summed E-state index contributed by atoms with van der Waals surface area (Å²) in [7, 11) is -0.627. The molecule has 0 bridgehead atoms. The van der Waals surface area contributed by atoms with Crippen LogP contribution in [-0.2, 0) is 10.0 Å². The predicted octanol–water partition coefficient (Wildman–Crippen LogP) is 3.50. The van der Waals surface area contributed by atoms with Gasteiger partial charge in [-0.3, -0.25) is 9.52 Å². The van der Waals surface area contributed by atoms with E-state index < -0.39 is 10.0 Å². The fourth-order valence-corrected chi connectivity index (χ4v) is 3.53. The molecule has 2 aromatic rings. The molecule has 2 aromatic carbocycles. The maximum Gasteiger partial charge on any atom is 0.261 e. The van der Waals surface area contributed by atoms with Crippen molar-refractivity contribution in [2.75, 3.05) is 18.8 Å². The Kier molecular flexibility index (Phi) is 5.19. The number of carbonyl (C=O) groups is 1. The molecular weight excluding hydrogens is 359 g/mol. The van der Waals surface area contributed by atoms with E-state index in [1.165, 1.54) is 41.3 Å². The molecule has 0 spiro atoms. The van der Waals surface area contributed by atoms with Crippen molar-refractivity contribution in [1.29, 1.82) is 0 Å². The highest BCUT2D eigenvalue weighted by molar-refractivity contribution is 7.92. The maximum atomic E-state index is 12.4. The summed E-state index contributed by atoms with van der Waals surface area (Å²) in [5, 5.41) is 0.390. The van der Waals surface area contributed by atoms with Gasteiger partial charge in [0.2, 0.25) is 0 Å². The van der Waals surface area contributed by atoms with Crippen molar-refractivity contribution in [1.82, 2.24) is 4.90 Å². The molecule has 5 nitrogen and oxygen atoms in total. The average Bonchev–Trinajstić information content (AvgIpc) is 2.50. The quantitative estimate of drug-likeness (QED) is 0.892. The molecule has 1 amide bonds. The lowest BCUT2D eigenvalue weighted by Gasteiger charge is -2.13. The van der Waals surface area contributed by atoms with Gasteiger partial charge in [0, 0.05) is 19.7 Å². The lowest BCUT2D eigenvalue weighted by molar-refractivity contribution is 0.0827. The first-order valence-electron chi connectivity index (χ1n) is 6.51. The molecule has 0 aliphatic carbocycles. The van der Waals surface area contributed by atoms with E-state index >= 15 is 0 Å². The number of carbonyl (C=O) groups excluding carboxylic acids is 1. The number of nitrogens with one attached hydrogen (secondary N) is 1. The molecule has 2 rings (SSSR count). The Labute approximate surface area is 144 Å². The first-order chi connectivity index (χ1) is 10.7. The highest BCUT2D eigenvalue weighted by atomic mass is 35.5. The molecule has 0 aliphatic heterocycles.